The first-order valence-electron chi connectivity index (χ1n) is 14.6. The molecule has 1 aromatic rings. The predicted molar refractivity (Wildman–Crippen MR) is 137 cm³/mol. The number of hydrogen-bond donors (Lipinski definition) is 0. The zero-order chi connectivity index (χ0) is 25.1. The second-order valence-electron chi connectivity index (χ2n) is 12.3. The SMILES string of the molecule is CC(C)c1nnc(C2CC3(CCN(C(=O)CCC4CCCC4)CC3)CN2CC(=O)N2CCCCC2)o1. The topological polar surface area (TPSA) is 82.8 Å². The van der Waals surface area contributed by atoms with Crippen molar-refractivity contribution in [1.82, 2.24) is 24.9 Å². The van der Waals surface area contributed by atoms with Crippen LogP contribution < -0.4 is 0 Å². The largest absolute Gasteiger partial charge is 0.423 e. The number of aromatic nitrogens is 2. The lowest BCUT2D eigenvalue weighted by atomic mass is 9.76. The van der Waals surface area contributed by atoms with E-state index >= 15 is 0 Å². The normalized spacial score (nSPS) is 25.4. The molecule has 0 bridgehead atoms. The number of carbonyl (C=O) groups is 2. The Morgan fingerprint density at radius 1 is 0.944 bits per heavy atom. The van der Waals surface area contributed by atoms with E-state index in [9.17, 15) is 9.59 Å². The molecule has 4 fully saturated rings. The molecule has 1 saturated carbocycles. The zero-order valence-electron chi connectivity index (χ0n) is 22.4. The van der Waals surface area contributed by atoms with E-state index in [1.807, 2.05) is 4.90 Å². The molecule has 3 aliphatic heterocycles. The third-order valence-corrected chi connectivity index (χ3v) is 9.31. The quantitative estimate of drug-likeness (QED) is 0.548. The summed E-state index contributed by atoms with van der Waals surface area (Å²) in [6.45, 7) is 8.79. The average Bonchev–Trinajstić information content (AvgIpc) is 3.64. The molecule has 36 heavy (non-hydrogen) atoms. The summed E-state index contributed by atoms with van der Waals surface area (Å²) in [6, 6.07) is -0.0247. The maximum Gasteiger partial charge on any atom is 0.236 e. The minimum atomic E-state index is -0.0247. The minimum absolute atomic E-state index is 0.0247. The Kier molecular flexibility index (Phi) is 7.99. The van der Waals surface area contributed by atoms with Crippen LogP contribution in [-0.4, -0.2) is 76.0 Å². The molecule has 3 saturated heterocycles. The molecular weight excluding hydrogens is 454 g/mol. The van der Waals surface area contributed by atoms with E-state index in [4.69, 9.17) is 4.42 Å². The smallest absolute Gasteiger partial charge is 0.236 e. The van der Waals surface area contributed by atoms with Crippen LogP contribution in [0.3, 0.4) is 0 Å². The fourth-order valence-electron chi connectivity index (χ4n) is 6.96. The highest BCUT2D eigenvalue weighted by Crippen LogP contribution is 2.49. The van der Waals surface area contributed by atoms with Crippen LogP contribution in [0.15, 0.2) is 4.42 Å². The van der Waals surface area contributed by atoms with Crippen LogP contribution in [0.5, 0.6) is 0 Å². The van der Waals surface area contributed by atoms with Crippen molar-refractivity contribution in [2.75, 3.05) is 39.3 Å². The Labute approximate surface area is 216 Å². The molecule has 0 aromatic carbocycles. The van der Waals surface area contributed by atoms with Crippen LogP contribution in [0, 0.1) is 11.3 Å². The van der Waals surface area contributed by atoms with Gasteiger partial charge >= 0.3 is 0 Å². The standard InChI is InChI=1S/C28H45N5O3/c1-21(2)26-29-30-27(36-26)23-18-28(20-33(23)19-25(35)31-14-6-3-7-15-31)12-16-32(17-13-28)24(34)11-10-22-8-4-5-9-22/h21-23H,3-20H2,1-2H3. The molecule has 1 aromatic heterocycles. The van der Waals surface area contributed by atoms with Gasteiger partial charge in [0.1, 0.15) is 0 Å². The molecule has 8 nitrogen and oxygen atoms in total. The van der Waals surface area contributed by atoms with Gasteiger partial charge in [-0.15, -0.1) is 10.2 Å². The minimum Gasteiger partial charge on any atom is -0.423 e. The first kappa shape index (κ1) is 25.7. The highest BCUT2D eigenvalue weighted by atomic mass is 16.4. The Morgan fingerprint density at radius 2 is 1.64 bits per heavy atom. The van der Waals surface area contributed by atoms with Gasteiger partial charge in [0.2, 0.25) is 23.6 Å². The summed E-state index contributed by atoms with van der Waals surface area (Å²) in [7, 11) is 0. The van der Waals surface area contributed by atoms with Crippen molar-refractivity contribution < 1.29 is 14.0 Å². The van der Waals surface area contributed by atoms with E-state index in [1.165, 1.54) is 32.1 Å². The van der Waals surface area contributed by atoms with E-state index in [0.717, 1.165) is 77.2 Å². The van der Waals surface area contributed by atoms with Crippen LogP contribution in [0.2, 0.25) is 0 Å². The van der Waals surface area contributed by atoms with Crippen molar-refractivity contribution in [1.29, 1.82) is 0 Å². The van der Waals surface area contributed by atoms with Gasteiger partial charge in [0.05, 0.1) is 12.6 Å². The Balaban J connectivity index is 1.23. The van der Waals surface area contributed by atoms with E-state index in [-0.39, 0.29) is 23.3 Å². The summed E-state index contributed by atoms with van der Waals surface area (Å²) >= 11 is 0. The van der Waals surface area contributed by atoms with Crippen molar-refractivity contribution in [2.24, 2.45) is 11.3 Å². The van der Waals surface area contributed by atoms with Crippen molar-refractivity contribution in [2.45, 2.75) is 103 Å². The highest BCUT2D eigenvalue weighted by Gasteiger charge is 2.49. The van der Waals surface area contributed by atoms with Gasteiger partial charge in [-0.3, -0.25) is 14.5 Å². The van der Waals surface area contributed by atoms with E-state index in [2.05, 4.69) is 33.8 Å². The summed E-state index contributed by atoms with van der Waals surface area (Å²) in [5, 5.41) is 8.72. The summed E-state index contributed by atoms with van der Waals surface area (Å²) in [5.41, 5.74) is 0.0988. The number of hydrogen-bond acceptors (Lipinski definition) is 6. The number of carbonyl (C=O) groups excluding carboxylic acids is 2. The molecular formula is C28H45N5O3. The van der Waals surface area contributed by atoms with Gasteiger partial charge in [0, 0.05) is 45.1 Å². The molecule has 5 rings (SSSR count). The number of likely N-dealkylation sites (tertiary alicyclic amines) is 3. The molecule has 2 amide bonds. The van der Waals surface area contributed by atoms with Gasteiger partial charge in [-0.2, -0.15) is 0 Å². The van der Waals surface area contributed by atoms with Crippen molar-refractivity contribution in [3.8, 4) is 0 Å². The van der Waals surface area contributed by atoms with Gasteiger partial charge in [-0.05, 0) is 56.3 Å². The monoisotopic (exact) mass is 499 g/mol. The number of amides is 2. The average molecular weight is 500 g/mol. The van der Waals surface area contributed by atoms with Gasteiger partial charge < -0.3 is 14.2 Å². The third-order valence-electron chi connectivity index (χ3n) is 9.31. The molecule has 1 aliphatic carbocycles. The van der Waals surface area contributed by atoms with Gasteiger partial charge in [-0.25, -0.2) is 0 Å². The van der Waals surface area contributed by atoms with Crippen molar-refractivity contribution in [3.63, 3.8) is 0 Å². The number of piperidine rings is 2. The Morgan fingerprint density at radius 3 is 2.31 bits per heavy atom. The molecule has 0 N–H and O–H groups in total. The van der Waals surface area contributed by atoms with Gasteiger partial charge in [-0.1, -0.05) is 39.5 Å². The Bertz CT molecular complexity index is 895. The van der Waals surface area contributed by atoms with Crippen LogP contribution in [0.25, 0.3) is 0 Å². The van der Waals surface area contributed by atoms with E-state index in [1.54, 1.807) is 0 Å². The van der Waals surface area contributed by atoms with Crippen LogP contribution in [-0.2, 0) is 9.59 Å². The fraction of sp³-hybridized carbons (Fsp3) is 0.857. The molecule has 0 radical (unpaired) electrons. The van der Waals surface area contributed by atoms with Gasteiger partial charge in [0.15, 0.2) is 0 Å². The number of nitrogens with zero attached hydrogens (tertiary/aromatic N) is 5. The summed E-state index contributed by atoms with van der Waals surface area (Å²) in [6.07, 6.45) is 13.4. The van der Waals surface area contributed by atoms with E-state index in [0.29, 0.717) is 30.7 Å². The van der Waals surface area contributed by atoms with Crippen molar-refractivity contribution in [3.05, 3.63) is 11.8 Å². The molecule has 1 unspecified atom stereocenters. The molecule has 8 heteroatoms. The van der Waals surface area contributed by atoms with Crippen LogP contribution in [0.4, 0.5) is 0 Å². The van der Waals surface area contributed by atoms with Gasteiger partial charge in [0.25, 0.3) is 0 Å². The predicted octanol–water partition coefficient (Wildman–Crippen LogP) is 4.53. The molecule has 1 spiro atoms. The lowest BCUT2D eigenvalue weighted by Crippen LogP contribution is -2.46. The highest BCUT2D eigenvalue weighted by molar-refractivity contribution is 5.78. The van der Waals surface area contributed by atoms with Crippen molar-refractivity contribution >= 4 is 11.8 Å². The fourth-order valence-corrected chi connectivity index (χ4v) is 6.96. The molecule has 4 aliphatic rings. The third kappa shape index (κ3) is 5.79. The summed E-state index contributed by atoms with van der Waals surface area (Å²) in [4.78, 5) is 32.6. The zero-order valence-corrected chi connectivity index (χ0v) is 22.4. The maximum absolute atomic E-state index is 13.2. The lowest BCUT2D eigenvalue weighted by Gasteiger charge is -2.39. The van der Waals surface area contributed by atoms with E-state index < -0.39 is 0 Å². The Hall–Kier alpha value is -1.96. The first-order valence-corrected chi connectivity index (χ1v) is 14.6. The van der Waals surface area contributed by atoms with Crippen LogP contribution >= 0.6 is 0 Å². The molecule has 1 atom stereocenters. The summed E-state index contributed by atoms with van der Waals surface area (Å²) in [5.74, 6) is 2.81. The molecule has 4 heterocycles. The number of rotatable bonds is 7. The summed E-state index contributed by atoms with van der Waals surface area (Å²) < 4.78 is 6.11. The second-order valence-corrected chi connectivity index (χ2v) is 12.3. The molecule has 200 valence electrons. The lowest BCUT2D eigenvalue weighted by molar-refractivity contribution is -0.133. The first-order chi connectivity index (χ1) is 17.4. The second kappa shape index (κ2) is 11.2. The van der Waals surface area contributed by atoms with Crippen LogP contribution in [0.1, 0.15) is 115 Å². The maximum atomic E-state index is 13.2.